The molecule has 4 rings (SSSR count). The van der Waals surface area contributed by atoms with Crippen LogP contribution < -0.4 is 5.32 Å². The number of hydrogen-bond acceptors (Lipinski definition) is 4. The van der Waals surface area contributed by atoms with Gasteiger partial charge in [-0.05, 0) is 36.8 Å². The van der Waals surface area contributed by atoms with Gasteiger partial charge in [0.2, 0.25) is 5.91 Å². The molecule has 0 fully saturated rings. The Morgan fingerprint density at radius 3 is 2.67 bits per heavy atom. The number of nitrogens with one attached hydrogen (secondary N) is 1. The number of imidazole rings is 1. The first-order valence-electron chi connectivity index (χ1n) is 9.19. The van der Waals surface area contributed by atoms with Crippen molar-refractivity contribution in [1.29, 1.82) is 0 Å². The second-order valence-electron chi connectivity index (χ2n) is 6.82. The lowest BCUT2D eigenvalue weighted by Crippen LogP contribution is -2.17. The molecule has 8 heteroatoms. The zero-order valence-electron chi connectivity index (χ0n) is 16.0. The first kappa shape index (κ1) is 19.6. The first-order valence-corrected chi connectivity index (χ1v) is 9.57. The van der Waals surface area contributed by atoms with Crippen molar-refractivity contribution in [3.05, 3.63) is 93.3 Å². The fourth-order valence-corrected chi connectivity index (χ4v) is 3.39. The number of nitro groups is 1. The van der Waals surface area contributed by atoms with E-state index >= 15 is 0 Å². The number of anilines is 1. The second kappa shape index (κ2) is 7.96. The van der Waals surface area contributed by atoms with Gasteiger partial charge in [0, 0.05) is 28.9 Å². The van der Waals surface area contributed by atoms with Crippen LogP contribution in [0.3, 0.4) is 0 Å². The van der Waals surface area contributed by atoms with Gasteiger partial charge in [-0.1, -0.05) is 35.9 Å². The van der Waals surface area contributed by atoms with Gasteiger partial charge in [0.25, 0.3) is 5.69 Å². The zero-order valence-corrected chi connectivity index (χ0v) is 16.8. The van der Waals surface area contributed by atoms with Crippen molar-refractivity contribution in [2.45, 2.75) is 13.3 Å². The predicted molar refractivity (Wildman–Crippen MR) is 116 cm³/mol. The number of pyridine rings is 1. The lowest BCUT2D eigenvalue weighted by Gasteiger charge is -2.09. The third-order valence-electron chi connectivity index (χ3n) is 4.78. The van der Waals surface area contributed by atoms with Crippen LogP contribution in [0.2, 0.25) is 5.02 Å². The van der Waals surface area contributed by atoms with Gasteiger partial charge in [-0.3, -0.25) is 14.9 Å². The van der Waals surface area contributed by atoms with Crippen LogP contribution in [-0.2, 0) is 11.2 Å². The molecule has 2 aromatic carbocycles. The summed E-state index contributed by atoms with van der Waals surface area (Å²) in [6.07, 6.45) is 1.90. The molecule has 0 aliphatic rings. The van der Waals surface area contributed by atoms with Crippen molar-refractivity contribution >= 4 is 34.5 Å². The maximum atomic E-state index is 12.9. The van der Waals surface area contributed by atoms with Crippen molar-refractivity contribution in [3.63, 3.8) is 0 Å². The van der Waals surface area contributed by atoms with Crippen LogP contribution in [0.15, 0.2) is 66.9 Å². The molecule has 0 aliphatic heterocycles. The number of nitro benzene ring substituents is 1. The van der Waals surface area contributed by atoms with Crippen LogP contribution in [0.4, 0.5) is 11.4 Å². The Labute approximate surface area is 177 Å². The third kappa shape index (κ3) is 3.88. The molecule has 1 N–H and O–H groups in total. The molecule has 2 heterocycles. The quantitative estimate of drug-likeness (QED) is 0.361. The number of aryl methyl sites for hydroxylation is 1. The minimum absolute atomic E-state index is 0.0469. The Hall–Kier alpha value is -3.71. The molecule has 0 unspecified atom stereocenters. The summed E-state index contributed by atoms with van der Waals surface area (Å²) in [4.78, 5) is 28.1. The maximum Gasteiger partial charge on any atom is 0.271 e. The summed E-state index contributed by atoms with van der Waals surface area (Å²) in [7, 11) is 0. The summed E-state index contributed by atoms with van der Waals surface area (Å²) >= 11 is 6.00. The Morgan fingerprint density at radius 2 is 1.93 bits per heavy atom. The van der Waals surface area contributed by atoms with Crippen LogP contribution in [0.1, 0.15) is 11.3 Å². The van der Waals surface area contributed by atoms with Crippen molar-refractivity contribution in [2.75, 3.05) is 5.32 Å². The van der Waals surface area contributed by atoms with Gasteiger partial charge < -0.3 is 9.72 Å². The van der Waals surface area contributed by atoms with Crippen molar-refractivity contribution < 1.29 is 9.72 Å². The van der Waals surface area contributed by atoms with E-state index in [-0.39, 0.29) is 18.0 Å². The summed E-state index contributed by atoms with van der Waals surface area (Å²) in [5.74, 6) is -0.292. The van der Waals surface area contributed by atoms with Crippen LogP contribution in [-0.4, -0.2) is 20.2 Å². The van der Waals surface area contributed by atoms with E-state index in [1.165, 1.54) is 12.1 Å². The minimum Gasteiger partial charge on any atom is -0.325 e. The third-order valence-corrected chi connectivity index (χ3v) is 5.03. The van der Waals surface area contributed by atoms with Crippen molar-refractivity contribution in [2.24, 2.45) is 0 Å². The van der Waals surface area contributed by atoms with Crippen LogP contribution in [0, 0.1) is 17.0 Å². The number of carbonyl (C=O) groups is 1. The number of fused-ring (bicyclic) bond motifs is 1. The average molecular weight is 421 g/mol. The fraction of sp³-hybridized carbons (Fsp3) is 0.0909. The second-order valence-corrected chi connectivity index (χ2v) is 7.26. The van der Waals surface area contributed by atoms with Crippen LogP contribution >= 0.6 is 11.6 Å². The Kier molecular flexibility index (Phi) is 5.20. The molecule has 150 valence electrons. The highest BCUT2D eigenvalue weighted by molar-refractivity contribution is 6.30. The topological polar surface area (TPSA) is 89.5 Å². The molecule has 0 saturated carbocycles. The SMILES string of the molecule is Cc1ccc([N+](=O)[O-])cc1NC(=O)Cc1c(-c2ccc(Cl)cc2)nc2ccccn12. The molecule has 0 spiro atoms. The average Bonchev–Trinajstić information content (AvgIpc) is 3.08. The van der Waals surface area contributed by atoms with Crippen molar-refractivity contribution in [3.8, 4) is 11.3 Å². The number of rotatable bonds is 5. The molecule has 4 aromatic rings. The predicted octanol–water partition coefficient (Wildman–Crippen LogP) is 5.05. The van der Waals surface area contributed by atoms with E-state index in [9.17, 15) is 14.9 Å². The van der Waals surface area contributed by atoms with Crippen LogP contribution in [0.25, 0.3) is 16.9 Å². The summed E-state index contributed by atoms with van der Waals surface area (Å²) in [5.41, 5.74) is 4.04. The Balaban J connectivity index is 1.69. The van der Waals surface area contributed by atoms with E-state index in [0.717, 1.165) is 16.8 Å². The van der Waals surface area contributed by atoms with Gasteiger partial charge in [-0.2, -0.15) is 0 Å². The highest BCUT2D eigenvalue weighted by Crippen LogP contribution is 2.27. The number of carbonyl (C=O) groups excluding carboxylic acids is 1. The molecule has 30 heavy (non-hydrogen) atoms. The monoisotopic (exact) mass is 420 g/mol. The van der Waals surface area contributed by atoms with Crippen molar-refractivity contribution in [1.82, 2.24) is 9.38 Å². The normalized spacial score (nSPS) is 10.9. The molecule has 0 bridgehead atoms. The van der Waals surface area contributed by atoms with Gasteiger partial charge in [0.1, 0.15) is 5.65 Å². The van der Waals surface area contributed by atoms with Gasteiger partial charge in [0.05, 0.1) is 28.4 Å². The van der Waals surface area contributed by atoms with Gasteiger partial charge in [-0.25, -0.2) is 4.98 Å². The summed E-state index contributed by atoms with van der Waals surface area (Å²) in [6.45, 7) is 1.78. The highest BCUT2D eigenvalue weighted by atomic mass is 35.5. The van der Waals surface area contributed by atoms with E-state index in [2.05, 4.69) is 10.3 Å². The smallest absolute Gasteiger partial charge is 0.271 e. The largest absolute Gasteiger partial charge is 0.325 e. The number of halogens is 1. The standard InChI is InChI=1S/C22H17ClN4O3/c1-14-5-10-17(27(29)30)12-18(14)24-21(28)13-19-22(15-6-8-16(23)9-7-15)25-20-4-2-3-11-26(19)20/h2-12H,13H2,1H3,(H,24,28). The molecule has 1 amide bonds. The van der Waals surface area contributed by atoms with E-state index < -0.39 is 4.92 Å². The molecule has 7 nitrogen and oxygen atoms in total. The summed E-state index contributed by atoms with van der Waals surface area (Å²) in [5, 5.41) is 14.5. The highest BCUT2D eigenvalue weighted by Gasteiger charge is 2.18. The lowest BCUT2D eigenvalue weighted by atomic mass is 10.1. The minimum atomic E-state index is -0.488. The van der Waals surface area contributed by atoms with E-state index in [0.29, 0.717) is 22.1 Å². The number of aromatic nitrogens is 2. The first-order chi connectivity index (χ1) is 14.4. The van der Waals surface area contributed by atoms with E-state index in [1.54, 1.807) is 25.1 Å². The number of benzene rings is 2. The molecule has 0 aliphatic carbocycles. The molecule has 2 aromatic heterocycles. The number of non-ortho nitro benzene ring substituents is 1. The summed E-state index contributed by atoms with van der Waals surface area (Å²) < 4.78 is 1.86. The molecule has 0 saturated heterocycles. The van der Waals surface area contributed by atoms with Gasteiger partial charge in [0.15, 0.2) is 0 Å². The Morgan fingerprint density at radius 1 is 1.17 bits per heavy atom. The van der Waals surface area contributed by atoms with Gasteiger partial charge in [-0.15, -0.1) is 0 Å². The number of nitrogens with zero attached hydrogens (tertiary/aromatic N) is 3. The number of amides is 1. The van der Waals surface area contributed by atoms with Gasteiger partial charge >= 0.3 is 0 Å². The fourth-order valence-electron chi connectivity index (χ4n) is 3.26. The summed E-state index contributed by atoms with van der Waals surface area (Å²) in [6, 6.07) is 17.3. The number of hydrogen-bond donors (Lipinski definition) is 1. The van der Waals surface area contributed by atoms with E-state index in [1.807, 2.05) is 40.9 Å². The Bertz CT molecular complexity index is 1270. The molecular weight excluding hydrogens is 404 g/mol. The molecular formula is C22H17ClN4O3. The maximum absolute atomic E-state index is 12.9. The zero-order chi connectivity index (χ0) is 21.3. The molecule has 0 atom stereocenters. The lowest BCUT2D eigenvalue weighted by molar-refractivity contribution is -0.384. The van der Waals surface area contributed by atoms with Crippen LogP contribution in [0.5, 0.6) is 0 Å². The molecule has 0 radical (unpaired) electrons. The van der Waals surface area contributed by atoms with E-state index in [4.69, 9.17) is 11.6 Å².